The van der Waals surface area contributed by atoms with Crippen molar-refractivity contribution in [2.45, 2.75) is 96.9 Å². The average molecular weight is 709 g/mol. The quantitative estimate of drug-likeness (QED) is 0.121. The van der Waals surface area contributed by atoms with Gasteiger partial charge in [0.1, 0.15) is 0 Å². The van der Waals surface area contributed by atoms with E-state index in [1.165, 1.54) is 44.9 Å². The van der Waals surface area contributed by atoms with Crippen molar-refractivity contribution in [2.75, 3.05) is 6.54 Å². The molecule has 4 rings (SSSR count). The summed E-state index contributed by atoms with van der Waals surface area (Å²) in [6.07, 6.45) is 15.4. The second-order valence-electron chi connectivity index (χ2n) is 10.6. The monoisotopic (exact) mass is 706 g/mol. The highest BCUT2D eigenvalue weighted by molar-refractivity contribution is 9.11. The molecule has 2 aliphatic heterocycles. The standard InChI is InChI=1S/C32H40Br2N2O2S2/c1-4-7-9-11-13-15-21-35-29(23-17-19-25(33)39-23)27-28(31(35)37)30(24-18-20-26(34)40-24)36(32(27)38)22(6-3)16-14-12-10-8-5-2/h6,17-20,22H,3-5,7-16,21H2,1-2H3. The Morgan fingerprint density at radius 3 is 1.82 bits per heavy atom. The summed E-state index contributed by atoms with van der Waals surface area (Å²) in [6, 6.07) is 7.88. The largest absolute Gasteiger partial charge is 0.306 e. The molecular weight excluding hydrogens is 668 g/mol. The molecule has 0 aromatic carbocycles. The Kier molecular flexibility index (Phi) is 11.9. The van der Waals surface area contributed by atoms with Crippen LogP contribution in [0.1, 0.15) is 101 Å². The van der Waals surface area contributed by atoms with Crippen LogP contribution in [0.2, 0.25) is 0 Å². The molecule has 1 unspecified atom stereocenters. The first-order valence-corrected chi connectivity index (χ1v) is 17.9. The number of fused-ring (bicyclic) bond motifs is 1. The van der Waals surface area contributed by atoms with Crippen molar-refractivity contribution in [3.05, 3.63) is 65.4 Å². The second-order valence-corrected chi connectivity index (χ2v) is 15.5. The van der Waals surface area contributed by atoms with Gasteiger partial charge in [-0.25, -0.2) is 0 Å². The van der Waals surface area contributed by atoms with E-state index in [4.69, 9.17) is 0 Å². The predicted molar refractivity (Wildman–Crippen MR) is 177 cm³/mol. The van der Waals surface area contributed by atoms with E-state index < -0.39 is 0 Å². The third kappa shape index (κ3) is 6.93. The van der Waals surface area contributed by atoms with Gasteiger partial charge in [0, 0.05) is 6.54 Å². The fraction of sp³-hybridized carbons (Fsp3) is 0.500. The van der Waals surface area contributed by atoms with Gasteiger partial charge in [-0.05, 0) is 69.0 Å². The maximum Gasteiger partial charge on any atom is 0.261 e. The lowest BCUT2D eigenvalue weighted by Crippen LogP contribution is -2.36. The molecule has 4 nitrogen and oxygen atoms in total. The van der Waals surface area contributed by atoms with Crippen LogP contribution in [0.5, 0.6) is 0 Å². The van der Waals surface area contributed by atoms with Gasteiger partial charge in [-0.15, -0.1) is 29.3 Å². The lowest BCUT2D eigenvalue weighted by atomic mass is 10.0. The van der Waals surface area contributed by atoms with Crippen LogP contribution in [0.15, 0.2) is 55.6 Å². The molecule has 0 spiro atoms. The number of unbranched alkanes of at least 4 members (excludes halogenated alkanes) is 9. The van der Waals surface area contributed by atoms with Gasteiger partial charge in [-0.2, -0.15) is 0 Å². The van der Waals surface area contributed by atoms with Crippen molar-refractivity contribution in [2.24, 2.45) is 0 Å². The molecule has 2 aromatic heterocycles. The van der Waals surface area contributed by atoms with Crippen LogP contribution in [0.4, 0.5) is 0 Å². The molecular formula is C32H40Br2N2O2S2. The lowest BCUT2D eigenvalue weighted by molar-refractivity contribution is -0.124. The second kappa shape index (κ2) is 15.1. The minimum absolute atomic E-state index is 0.0517. The van der Waals surface area contributed by atoms with Crippen molar-refractivity contribution in [1.82, 2.24) is 9.80 Å². The van der Waals surface area contributed by atoms with E-state index in [2.05, 4.69) is 52.3 Å². The van der Waals surface area contributed by atoms with E-state index in [0.717, 1.165) is 60.8 Å². The minimum atomic E-state index is -0.160. The zero-order chi connectivity index (χ0) is 28.6. The van der Waals surface area contributed by atoms with Crippen LogP contribution in [0.3, 0.4) is 0 Å². The molecule has 0 bridgehead atoms. The summed E-state index contributed by atoms with van der Waals surface area (Å²) in [4.78, 5) is 34.3. The van der Waals surface area contributed by atoms with E-state index in [1.54, 1.807) is 22.7 Å². The van der Waals surface area contributed by atoms with E-state index in [1.807, 2.05) is 40.1 Å². The van der Waals surface area contributed by atoms with Crippen LogP contribution in [-0.4, -0.2) is 34.2 Å². The smallest absolute Gasteiger partial charge is 0.261 e. The van der Waals surface area contributed by atoms with Crippen molar-refractivity contribution in [3.8, 4) is 0 Å². The molecule has 0 saturated carbocycles. The Morgan fingerprint density at radius 1 is 0.750 bits per heavy atom. The molecule has 0 saturated heterocycles. The first-order chi connectivity index (χ1) is 19.4. The van der Waals surface area contributed by atoms with E-state index in [0.29, 0.717) is 17.7 Å². The van der Waals surface area contributed by atoms with Gasteiger partial charge < -0.3 is 4.90 Å². The molecule has 2 amide bonds. The number of carbonyl (C=O) groups excluding carboxylic acids is 2. The minimum Gasteiger partial charge on any atom is -0.306 e. The Morgan fingerprint density at radius 2 is 1.27 bits per heavy atom. The summed E-state index contributed by atoms with van der Waals surface area (Å²) in [5, 5.41) is 0. The zero-order valence-electron chi connectivity index (χ0n) is 23.6. The number of halogens is 2. The van der Waals surface area contributed by atoms with Gasteiger partial charge in [0.05, 0.1) is 45.9 Å². The number of hydrogen-bond donors (Lipinski definition) is 0. The Labute approximate surface area is 264 Å². The number of carbonyl (C=O) groups is 2. The van der Waals surface area contributed by atoms with E-state index in [9.17, 15) is 9.59 Å². The number of rotatable bonds is 17. The third-order valence-corrected chi connectivity index (χ3v) is 10.9. The molecule has 0 N–H and O–H groups in total. The third-order valence-electron chi connectivity index (χ3n) is 7.68. The number of nitrogens with zero attached hydrogens (tertiary/aromatic N) is 2. The van der Waals surface area contributed by atoms with E-state index in [-0.39, 0.29) is 17.9 Å². The lowest BCUT2D eigenvalue weighted by Gasteiger charge is -2.29. The van der Waals surface area contributed by atoms with Crippen LogP contribution in [0, 0.1) is 0 Å². The van der Waals surface area contributed by atoms with Gasteiger partial charge in [-0.3, -0.25) is 14.5 Å². The molecule has 0 radical (unpaired) electrons. The van der Waals surface area contributed by atoms with Gasteiger partial charge >= 0.3 is 0 Å². The summed E-state index contributed by atoms with van der Waals surface area (Å²) in [5.41, 5.74) is 2.64. The van der Waals surface area contributed by atoms with Gasteiger partial charge in [0.15, 0.2) is 0 Å². The summed E-state index contributed by atoms with van der Waals surface area (Å²) in [5.74, 6) is -0.129. The van der Waals surface area contributed by atoms with Crippen LogP contribution in [0.25, 0.3) is 11.4 Å². The van der Waals surface area contributed by atoms with Crippen LogP contribution < -0.4 is 0 Å². The molecule has 216 valence electrons. The summed E-state index contributed by atoms with van der Waals surface area (Å²) in [7, 11) is 0. The van der Waals surface area contributed by atoms with Crippen LogP contribution >= 0.6 is 54.5 Å². The highest BCUT2D eigenvalue weighted by Crippen LogP contribution is 2.50. The Balaban J connectivity index is 1.73. The Hall–Kier alpha value is -1.48. The van der Waals surface area contributed by atoms with E-state index >= 15 is 0 Å². The van der Waals surface area contributed by atoms with Crippen molar-refractivity contribution in [1.29, 1.82) is 0 Å². The van der Waals surface area contributed by atoms with Crippen LogP contribution in [-0.2, 0) is 9.59 Å². The summed E-state index contributed by atoms with van der Waals surface area (Å²) < 4.78 is 1.97. The van der Waals surface area contributed by atoms with Crippen molar-refractivity contribution in [3.63, 3.8) is 0 Å². The first kappa shape index (κ1) is 31.5. The zero-order valence-corrected chi connectivity index (χ0v) is 28.5. The SMILES string of the molecule is C=CC(CCCCCCC)N1C(=O)C2=C(c3ccc(Br)s3)N(CCCCCCCC)C(=O)C2=C1c1ccc(Br)s1. The van der Waals surface area contributed by atoms with Gasteiger partial charge in [0.25, 0.3) is 11.8 Å². The molecule has 40 heavy (non-hydrogen) atoms. The van der Waals surface area contributed by atoms with Gasteiger partial charge in [0.2, 0.25) is 0 Å². The molecule has 0 fully saturated rings. The number of hydrogen-bond acceptors (Lipinski definition) is 4. The molecule has 1 atom stereocenters. The molecule has 0 aliphatic carbocycles. The fourth-order valence-corrected chi connectivity index (χ4v) is 8.52. The normalized spacial score (nSPS) is 16.1. The Bertz CT molecular complexity index is 1280. The van der Waals surface area contributed by atoms with Crippen molar-refractivity contribution < 1.29 is 9.59 Å². The molecule has 8 heteroatoms. The highest BCUT2D eigenvalue weighted by Gasteiger charge is 2.50. The molecule has 4 heterocycles. The summed E-state index contributed by atoms with van der Waals surface area (Å²) >= 11 is 10.4. The maximum absolute atomic E-state index is 14.4. The topological polar surface area (TPSA) is 40.6 Å². The number of thiophene rings is 2. The molecule has 2 aliphatic rings. The highest BCUT2D eigenvalue weighted by atomic mass is 79.9. The first-order valence-electron chi connectivity index (χ1n) is 14.7. The number of amides is 2. The van der Waals surface area contributed by atoms with Crippen molar-refractivity contribution >= 4 is 77.7 Å². The van der Waals surface area contributed by atoms with Gasteiger partial charge in [-0.1, -0.05) is 84.1 Å². The summed E-state index contributed by atoms with van der Waals surface area (Å²) in [6.45, 7) is 9.20. The average Bonchev–Trinajstić information content (AvgIpc) is 3.69. The maximum atomic E-state index is 14.4. The molecule has 2 aromatic rings. The fourth-order valence-electron chi connectivity index (χ4n) is 5.64. The predicted octanol–water partition coefficient (Wildman–Crippen LogP) is 10.4.